The SMILES string of the molecule is COC[C@@H]1CCCN1C(=O)CC12CC3CC(CC(C3)C1)C2. The molecule has 4 bridgehead atoms. The minimum absolute atomic E-state index is 0.344. The fourth-order valence-electron chi connectivity index (χ4n) is 6.46. The van der Waals surface area contributed by atoms with E-state index in [0.29, 0.717) is 24.0 Å². The van der Waals surface area contributed by atoms with E-state index in [4.69, 9.17) is 4.74 Å². The number of carbonyl (C=O) groups excluding carboxylic acids is 1. The summed E-state index contributed by atoms with van der Waals surface area (Å²) in [4.78, 5) is 15.0. The summed E-state index contributed by atoms with van der Waals surface area (Å²) >= 11 is 0. The quantitative estimate of drug-likeness (QED) is 0.796. The molecule has 1 aliphatic heterocycles. The van der Waals surface area contributed by atoms with E-state index < -0.39 is 0 Å². The average molecular weight is 291 g/mol. The first-order valence-corrected chi connectivity index (χ1v) is 8.96. The predicted octanol–water partition coefficient (Wildman–Crippen LogP) is 3.23. The number of amides is 1. The Morgan fingerprint density at radius 2 is 1.76 bits per heavy atom. The van der Waals surface area contributed by atoms with Gasteiger partial charge in [-0.25, -0.2) is 0 Å². The van der Waals surface area contributed by atoms with Crippen molar-refractivity contribution < 1.29 is 9.53 Å². The first-order valence-electron chi connectivity index (χ1n) is 8.96. The molecule has 5 rings (SSSR count). The Morgan fingerprint density at radius 1 is 1.14 bits per heavy atom. The minimum atomic E-state index is 0.344. The van der Waals surface area contributed by atoms with Crippen molar-refractivity contribution in [2.45, 2.75) is 63.8 Å². The van der Waals surface area contributed by atoms with Crippen LogP contribution in [0.15, 0.2) is 0 Å². The van der Waals surface area contributed by atoms with Crippen molar-refractivity contribution in [3.05, 3.63) is 0 Å². The van der Waals surface area contributed by atoms with Crippen LogP contribution in [0.25, 0.3) is 0 Å². The smallest absolute Gasteiger partial charge is 0.223 e. The van der Waals surface area contributed by atoms with Gasteiger partial charge in [0, 0.05) is 20.1 Å². The molecule has 5 fully saturated rings. The van der Waals surface area contributed by atoms with Crippen LogP contribution in [0.1, 0.15) is 57.8 Å². The molecule has 0 unspecified atom stereocenters. The molecule has 0 spiro atoms. The van der Waals surface area contributed by atoms with Crippen molar-refractivity contribution in [2.24, 2.45) is 23.2 Å². The molecule has 4 aliphatic carbocycles. The highest BCUT2D eigenvalue weighted by Gasteiger charge is 2.52. The molecule has 0 aromatic carbocycles. The molecule has 1 saturated heterocycles. The number of carbonyl (C=O) groups is 1. The highest BCUT2D eigenvalue weighted by molar-refractivity contribution is 5.77. The van der Waals surface area contributed by atoms with E-state index in [0.717, 1.165) is 43.6 Å². The molecule has 1 heterocycles. The van der Waals surface area contributed by atoms with Crippen LogP contribution < -0.4 is 0 Å². The second-order valence-corrected chi connectivity index (χ2v) is 8.43. The van der Waals surface area contributed by atoms with Gasteiger partial charge in [-0.1, -0.05) is 0 Å². The van der Waals surface area contributed by atoms with Gasteiger partial charge in [0.1, 0.15) is 0 Å². The molecule has 4 saturated carbocycles. The van der Waals surface area contributed by atoms with E-state index in [2.05, 4.69) is 4.90 Å². The zero-order valence-corrected chi connectivity index (χ0v) is 13.4. The maximum absolute atomic E-state index is 12.9. The molecule has 0 aromatic heterocycles. The normalized spacial score (nSPS) is 44.5. The van der Waals surface area contributed by atoms with E-state index in [1.54, 1.807) is 7.11 Å². The maximum Gasteiger partial charge on any atom is 0.223 e. The lowest BCUT2D eigenvalue weighted by Crippen LogP contribution is -2.49. The average Bonchev–Trinajstić information content (AvgIpc) is 2.85. The summed E-state index contributed by atoms with van der Waals surface area (Å²) in [6, 6.07) is 0.344. The van der Waals surface area contributed by atoms with Gasteiger partial charge in [0.15, 0.2) is 0 Å². The summed E-state index contributed by atoms with van der Waals surface area (Å²) in [5, 5.41) is 0. The van der Waals surface area contributed by atoms with Crippen LogP contribution in [0.4, 0.5) is 0 Å². The van der Waals surface area contributed by atoms with Crippen molar-refractivity contribution in [1.29, 1.82) is 0 Å². The van der Waals surface area contributed by atoms with Crippen LogP contribution >= 0.6 is 0 Å². The van der Waals surface area contributed by atoms with Gasteiger partial charge in [0.25, 0.3) is 0 Å². The van der Waals surface area contributed by atoms with E-state index >= 15 is 0 Å². The summed E-state index contributed by atoms with van der Waals surface area (Å²) < 4.78 is 5.31. The first-order chi connectivity index (χ1) is 10.2. The second kappa shape index (κ2) is 5.26. The van der Waals surface area contributed by atoms with Crippen LogP contribution in [0.3, 0.4) is 0 Å². The van der Waals surface area contributed by atoms with Gasteiger partial charge >= 0.3 is 0 Å². The van der Waals surface area contributed by atoms with Crippen LogP contribution in [0.5, 0.6) is 0 Å². The molecule has 0 aromatic rings. The molecule has 3 nitrogen and oxygen atoms in total. The van der Waals surface area contributed by atoms with Crippen LogP contribution in [0.2, 0.25) is 0 Å². The van der Waals surface area contributed by atoms with Gasteiger partial charge in [-0.3, -0.25) is 4.79 Å². The third-order valence-electron chi connectivity index (χ3n) is 6.75. The monoisotopic (exact) mass is 291 g/mol. The number of rotatable bonds is 4. The van der Waals surface area contributed by atoms with E-state index in [1.807, 2.05) is 0 Å². The fraction of sp³-hybridized carbons (Fsp3) is 0.944. The Bertz CT molecular complexity index is 384. The van der Waals surface area contributed by atoms with Crippen LogP contribution in [-0.2, 0) is 9.53 Å². The molecular weight excluding hydrogens is 262 g/mol. The van der Waals surface area contributed by atoms with Gasteiger partial charge in [-0.05, 0) is 74.5 Å². The number of methoxy groups -OCH3 is 1. The molecule has 1 amide bonds. The number of ether oxygens (including phenoxy) is 1. The van der Waals surface area contributed by atoms with Crippen molar-refractivity contribution in [1.82, 2.24) is 4.90 Å². The molecule has 1 atom stereocenters. The minimum Gasteiger partial charge on any atom is -0.383 e. The van der Waals surface area contributed by atoms with Gasteiger partial charge in [0.05, 0.1) is 12.6 Å². The topological polar surface area (TPSA) is 29.5 Å². The molecule has 0 radical (unpaired) electrons. The number of likely N-dealkylation sites (tertiary alicyclic amines) is 1. The molecule has 5 aliphatic rings. The van der Waals surface area contributed by atoms with Gasteiger partial charge < -0.3 is 9.64 Å². The van der Waals surface area contributed by atoms with E-state index in [1.165, 1.54) is 38.5 Å². The number of hydrogen-bond acceptors (Lipinski definition) is 2. The Balaban J connectivity index is 1.44. The third-order valence-corrected chi connectivity index (χ3v) is 6.75. The highest BCUT2D eigenvalue weighted by Crippen LogP contribution is 2.61. The van der Waals surface area contributed by atoms with Gasteiger partial charge in [0.2, 0.25) is 5.91 Å². The maximum atomic E-state index is 12.9. The Morgan fingerprint density at radius 3 is 2.33 bits per heavy atom. The zero-order chi connectivity index (χ0) is 14.4. The standard InChI is InChI=1S/C18H29NO2/c1-21-12-16-3-2-4-19(16)17(20)11-18-8-13-5-14(9-18)7-15(6-13)10-18/h13-16H,2-12H2,1H3/t13?,14?,15?,16-,18?/m0/s1. The first kappa shape index (κ1) is 14.0. The molecule has 3 heteroatoms. The Kier molecular flexibility index (Phi) is 3.52. The lowest BCUT2D eigenvalue weighted by atomic mass is 9.49. The summed E-state index contributed by atoms with van der Waals surface area (Å²) in [6.07, 6.45) is 11.5. The van der Waals surface area contributed by atoms with E-state index in [9.17, 15) is 4.79 Å². The zero-order valence-electron chi connectivity index (χ0n) is 13.4. The summed E-state index contributed by atoms with van der Waals surface area (Å²) in [5.74, 6) is 3.25. The number of nitrogens with zero attached hydrogens (tertiary/aromatic N) is 1. The van der Waals surface area contributed by atoms with Gasteiger partial charge in [-0.2, -0.15) is 0 Å². The lowest BCUT2D eigenvalue weighted by molar-refractivity contribution is -0.141. The summed E-state index contributed by atoms with van der Waals surface area (Å²) in [6.45, 7) is 1.67. The van der Waals surface area contributed by atoms with Crippen LogP contribution in [-0.4, -0.2) is 37.1 Å². The number of hydrogen-bond donors (Lipinski definition) is 0. The van der Waals surface area contributed by atoms with Crippen molar-refractivity contribution in [2.75, 3.05) is 20.3 Å². The largest absolute Gasteiger partial charge is 0.383 e. The van der Waals surface area contributed by atoms with Crippen molar-refractivity contribution in [3.63, 3.8) is 0 Å². The second-order valence-electron chi connectivity index (χ2n) is 8.43. The summed E-state index contributed by atoms with van der Waals surface area (Å²) in [5.41, 5.74) is 0.381. The molecule has 0 N–H and O–H groups in total. The van der Waals surface area contributed by atoms with Crippen molar-refractivity contribution in [3.8, 4) is 0 Å². The summed E-state index contributed by atoms with van der Waals surface area (Å²) in [7, 11) is 1.75. The molecular formula is C18H29NO2. The predicted molar refractivity (Wildman–Crippen MR) is 81.8 cm³/mol. The van der Waals surface area contributed by atoms with E-state index in [-0.39, 0.29) is 0 Å². The molecule has 21 heavy (non-hydrogen) atoms. The highest BCUT2D eigenvalue weighted by atomic mass is 16.5. The lowest BCUT2D eigenvalue weighted by Gasteiger charge is -2.57. The molecule has 118 valence electrons. The fourth-order valence-corrected chi connectivity index (χ4v) is 6.46. The Labute approximate surface area is 128 Å². The third kappa shape index (κ3) is 2.52. The van der Waals surface area contributed by atoms with Crippen molar-refractivity contribution >= 4 is 5.91 Å². The Hall–Kier alpha value is -0.570. The van der Waals surface area contributed by atoms with Gasteiger partial charge in [-0.15, -0.1) is 0 Å². The van der Waals surface area contributed by atoms with Crippen LogP contribution in [0, 0.1) is 23.2 Å².